The predicted octanol–water partition coefficient (Wildman–Crippen LogP) is 0.929. The lowest BCUT2D eigenvalue weighted by atomic mass is 10.4. The molecule has 1 aliphatic carbocycles. The highest BCUT2D eigenvalue weighted by atomic mass is 32.2. The second-order valence-electron chi connectivity index (χ2n) is 2.37. The van der Waals surface area contributed by atoms with Crippen LogP contribution >= 0.6 is 0 Å². The Morgan fingerprint density at radius 1 is 1.40 bits per heavy atom. The first kappa shape index (κ1) is 7.63. The zero-order valence-electron chi connectivity index (χ0n) is 5.58. The zero-order chi connectivity index (χ0) is 7.40. The summed E-state index contributed by atoms with van der Waals surface area (Å²) >= 11 is 0. The van der Waals surface area contributed by atoms with E-state index in [1.807, 2.05) is 0 Å². The molecule has 0 aliphatic heterocycles. The van der Waals surface area contributed by atoms with Crippen LogP contribution in [0.1, 0.15) is 25.7 Å². The summed E-state index contributed by atoms with van der Waals surface area (Å²) in [7, 11) is -1.29. The van der Waals surface area contributed by atoms with Gasteiger partial charge in [0.05, 0.1) is 5.25 Å². The summed E-state index contributed by atoms with van der Waals surface area (Å²) in [6, 6.07) is 0. The molecule has 4 heteroatoms. The highest BCUT2D eigenvalue weighted by Crippen LogP contribution is 2.22. The molecule has 0 aromatic rings. The van der Waals surface area contributed by atoms with Crippen molar-refractivity contribution in [2.45, 2.75) is 30.9 Å². The molecule has 1 saturated carbocycles. The van der Waals surface area contributed by atoms with Crippen molar-refractivity contribution in [3.05, 3.63) is 0 Å². The Bertz CT molecular complexity index is 180. The van der Waals surface area contributed by atoms with Gasteiger partial charge in [-0.3, -0.25) is 0 Å². The molecule has 1 unspecified atom stereocenters. The number of nitrogens with zero attached hydrogens (tertiary/aromatic N) is 1. The Morgan fingerprint density at radius 3 is 2.50 bits per heavy atom. The SMILES string of the molecule is O=C=NS(=O)C1CCCC1. The van der Waals surface area contributed by atoms with Crippen LogP contribution in [0.15, 0.2) is 4.40 Å². The molecule has 1 atom stereocenters. The second-order valence-corrected chi connectivity index (χ2v) is 3.77. The lowest BCUT2D eigenvalue weighted by Crippen LogP contribution is -2.06. The average Bonchev–Trinajstić information content (AvgIpc) is 2.38. The molecule has 0 N–H and O–H groups in total. The molecule has 56 valence electrons. The van der Waals surface area contributed by atoms with E-state index in [-0.39, 0.29) is 5.25 Å². The second kappa shape index (κ2) is 3.64. The normalized spacial score (nSPS) is 22.0. The van der Waals surface area contributed by atoms with Crippen molar-refractivity contribution < 1.29 is 9.00 Å². The summed E-state index contributed by atoms with van der Waals surface area (Å²) in [5.41, 5.74) is 0. The fourth-order valence-electron chi connectivity index (χ4n) is 1.20. The maximum atomic E-state index is 10.9. The third-order valence-corrected chi connectivity index (χ3v) is 3.01. The summed E-state index contributed by atoms with van der Waals surface area (Å²) in [4.78, 5) is 9.69. The van der Waals surface area contributed by atoms with E-state index in [1.54, 1.807) is 0 Å². The minimum Gasteiger partial charge on any atom is -0.234 e. The predicted molar refractivity (Wildman–Crippen MR) is 38.5 cm³/mol. The highest BCUT2D eigenvalue weighted by molar-refractivity contribution is 7.84. The van der Waals surface area contributed by atoms with Gasteiger partial charge in [-0.2, -0.15) is 0 Å². The van der Waals surface area contributed by atoms with Gasteiger partial charge >= 0.3 is 0 Å². The molecular weight excluding hydrogens is 150 g/mol. The van der Waals surface area contributed by atoms with Gasteiger partial charge < -0.3 is 0 Å². The fraction of sp³-hybridized carbons (Fsp3) is 0.833. The third kappa shape index (κ3) is 1.75. The molecule has 0 aromatic carbocycles. The molecule has 0 saturated heterocycles. The van der Waals surface area contributed by atoms with Crippen LogP contribution < -0.4 is 0 Å². The number of hydrogen-bond donors (Lipinski definition) is 0. The molecule has 1 fully saturated rings. The van der Waals surface area contributed by atoms with Gasteiger partial charge in [0.25, 0.3) is 0 Å². The molecule has 0 aromatic heterocycles. The van der Waals surface area contributed by atoms with Crippen molar-refractivity contribution in [2.75, 3.05) is 0 Å². The first-order valence-corrected chi connectivity index (χ1v) is 4.50. The molecule has 0 heterocycles. The van der Waals surface area contributed by atoms with E-state index in [0.717, 1.165) is 25.7 Å². The van der Waals surface area contributed by atoms with E-state index >= 15 is 0 Å². The van der Waals surface area contributed by atoms with Gasteiger partial charge in [-0.25, -0.2) is 9.00 Å². The summed E-state index contributed by atoms with van der Waals surface area (Å²) in [6.45, 7) is 0. The van der Waals surface area contributed by atoms with Crippen molar-refractivity contribution in [1.29, 1.82) is 0 Å². The Kier molecular flexibility index (Phi) is 2.78. The van der Waals surface area contributed by atoms with Crippen molar-refractivity contribution in [2.24, 2.45) is 4.40 Å². The molecular formula is C6H9NO2S. The Balaban J connectivity index is 2.47. The molecule has 3 nitrogen and oxygen atoms in total. The van der Waals surface area contributed by atoms with Gasteiger partial charge in [0.2, 0.25) is 6.08 Å². The maximum absolute atomic E-state index is 10.9. The van der Waals surface area contributed by atoms with Crippen molar-refractivity contribution in [1.82, 2.24) is 0 Å². The minimum absolute atomic E-state index is 0.126. The van der Waals surface area contributed by atoms with E-state index in [4.69, 9.17) is 0 Å². The third-order valence-electron chi connectivity index (χ3n) is 1.71. The lowest BCUT2D eigenvalue weighted by Gasteiger charge is -1.99. The number of carbonyl (C=O) groups excluding carboxylic acids is 1. The number of rotatable bonds is 2. The van der Waals surface area contributed by atoms with Crippen LogP contribution in [-0.2, 0) is 15.8 Å². The van der Waals surface area contributed by atoms with Crippen molar-refractivity contribution >= 4 is 17.1 Å². The van der Waals surface area contributed by atoms with Crippen LogP contribution in [0.5, 0.6) is 0 Å². The Hall–Kier alpha value is -0.470. The zero-order valence-corrected chi connectivity index (χ0v) is 6.39. The molecule has 0 bridgehead atoms. The highest BCUT2D eigenvalue weighted by Gasteiger charge is 2.20. The Labute approximate surface area is 62.1 Å². The van der Waals surface area contributed by atoms with Gasteiger partial charge in [-0.05, 0) is 12.8 Å². The largest absolute Gasteiger partial charge is 0.249 e. The summed E-state index contributed by atoms with van der Waals surface area (Å²) in [5.74, 6) is 0. The van der Waals surface area contributed by atoms with E-state index in [0.29, 0.717) is 0 Å². The number of hydrogen-bond acceptors (Lipinski definition) is 2. The first-order valence-electron chi connectivity index (χ1n) is 3.33. The number of isocyanates is 1. The van der Waals surface area contributed by atoms with Gasteiger partial charge in [-0.15, -0.1) is 4.40 Å². The van der Waals surface area contributed by atoms with Gasteiger partial charge in [0.15, 0.2) is 11.0 Å². The van der Waals surface area contributed by atoms with Gasteiger partial charge in [-0.1, -0.05) is 12.8 Å². The molecule has 0 amide bonds. The molecule has 0 spiro atoms. The fourth-order valence-corrected chi connectivity index (χ4v) is 2.16. The molecule has 1 aliphatic rings. The molecule has 0 radical (unpaired) electrons. The summed E-state index contributed by atoms with van der Waals surface area (Å²) in [6.07, 6.45) is 5.44. The van der Waals surface area contributed by atoms with E-state index < -0.39 is 11.0 Å². The van der Waals surface area contributed by atoms with Gasteiger partial charge in [0, 0.05) is 0 Å². The van der Waals surface area contributed by atoms with Crippen LogP contribution in [0, 0.1) is 0 Å². The van der Waals surface area contributed by atoms with E-state index in [9.17, 15) is 9.00 Å². The average molecular weight is 159 g/mol. The van der Waals surface area contributed by atoms with Crippen LogP contribution in [0.4, 0.5) is 0 Å². The lowest BCUT2D eigenvalue weighted by molar-refractivity contribution is 0.565. The first-order chi connectivity index (χ1) is 4.84. The van der Waals surface area contributed by atoms with Crippen LogP contribution in [0.3, 0.4) is 0 Å². The Morgan fingerprint density at radius 2 is 2.00 bits per heavy atom. The monoisotopic (exact) mass is 159 g/mol. The molecule has 10 heavy (non-hydrogen) atoms. The van der Waals surface area contributed by atoms with Gasteiger partial charge in [0.1, 0.15) is 0 Å². The van der Waals surface area contributed by atoms with Crippen molar-refractivity contribution in [3.63, 3.8) is 0 Å². The van der Waals surface area contributed by atoms with Crippen LogP contribution in [0.2, 0.25) is 0 Å². The quantitative estimate of drug-likeness (QED) is 0.444. The minimum atomic E-state index is -1.29. The van der Waals surface area contributed by atoms with Crippen LogP contribution in [-0.4, -0.2) is 15.5 Å². The van der Waals surface area contributed by atoms with Crippen molar-refractivity contribution in [3.8, 4) is 0 Å². The molecule has 1 rings (SSSR count). The summed E-state index contributed by atoms with van der Waals surface area (Å²) < 4.78 is 14.1. The van der Waals surface area contributed by atoms with Crippen LogP contribution in [0.25, 0.3) is 0 Å². The van der Waals surface area contributed by atoms with E-state index in [1.165, 1.54) is 6.08 Å². The smallest absolute Gasteiger partial charge is 0.234 e. The standard InChI is InChI=1S/C6H9NO2S/c8-5-7-10(9)6-3-1-2-4-6/h6H,1-4H2. The topological polar surface area (TPSA) is 46.5 Å². The van der Waals surface area contributed by atoms with E-state index in [2.05, 4.69) is 4.40 Å². The summed E-state index contributed by atoms with van der Waals surface area (Å²) in [5, 5.41) is 0.126. The maximum Gasteiger partial charge on any atom is 0.249 e.